The molecule has 0 radical (unpaired) electrons. The Morgan fingerprint density at radius 1 is 1.00 bits per heavy atom. The largest absolute Gasteiger partial charge is 0.494 e. The number of unbranched alkanes of at least 4 members (excludes halogenated alkanes) is 2. The smallest absolute Gasteiger partial charge is 0.372 e. The average Bonchev–Trinajstić information content (AvgIpc) is 2.62. The van der Waals surface area contributed by atoms with Crippen molar-refractivity contribution in [3.05, 3.63) is 23.8 Å². The van der Waals surface area contributed by atoms with E-state index in [0.717, 1.165) is 0 Å². The second-order valence-electron chi connectivity index (χ2n) is 5.21. The van der Waals surface area contributed by atoms with Crippen molar-refractivity contribution >= 4 is 17.5 Å². The number of carboxylic acid groups (broad SMARTS) is 1. The van der Waals surface area contributed by atoms with Crippen LogP contribution in [-0.4, -0.2) is 35.9 Å². The predicted molar refractivity (Wildman–Crippen MR) is 88.7 cm³/mol. The molecule has 0 atom stereocenters. The second-order valence-corrected chi connectivity index (χ2v) is 5.21. The summed E-state index contributed by atoms with van der Waals surface area (Å²) in [6.45, 7) is 0.473. The predicted octanol–water partition coefficient (Wildman–Crippen LogP) is 2.28. The van der Waals surface area contributed by atoms with Crippen LogP contribution in [0.4, 0.5) is 0 Å². The zero-order valence-electron chi connectivity index (χ0n) is 14.1. The lowest BCUT2D eigenvalue weighted by Gasteiger charge is -2.12. The molecular formula is C18H18N2O6. The first-order chi connectivity index (χ1) is 12.5. The maximum Gasteiger partial charge on any atom is 0.372 e. The van der Waals surface area contributed by atoms with Gasteiger partial charge in [0.25, 0.3) is 0 Å². The Labute approximate surface area is 150 Å². The van der Waals surface area contributed by atoms with Gasteiger partial charge in [-0.15, -0.1) is 0 Å². The molecule has 0 spiro atoms. The van der Waals surface area contributed by atoms with E-state index < -0.39 is 24.0 Å². The fourth-order valence-corrected chi connectivity index (χ4v) is 1.93. The molecule has 0 heterocycles. The molecule has 1 rings (SSSR count). The highest BCUT2D eigenvalue weighted by atomic mass is 16.5. The highest BCUT2D eigenvalue weighted by Gasteiger charge is 2.21. The van der Waals surface area contributed by atoms with Crippen LogP contribution in [0, 0.1) is 22.7 Å². The number of carbonyl (C=O) groups excluding carboxylic acids is 2. The molecule has 1 aromatic rings. The van der Waals surface area contributed by atoms with E-state index in [1.807, 2.05) is 12.1 Å². The fraction of sp³-hybridized carbons (Fsp3) is 0.389. The standard InChI is InChI=1S/C18H18N2O6/c19-7-1-3-9-25-13-5-6-17(26-10-4-2-8-20)14(11-13)15(21)12-16(22)18(23)24/h5-6,11H,1-4,9-10,12H2,(H,23,24). The van der Waals surface area contributed by atoms with E-state index in [2.05, 4.69) is 0 Å². The Morgan fingerprint density at radius 2 is 1.62 bits per heavy atom. The van der Waals surface area contributed by atoms with Gasteiger partial charge in [-0.1, -0.05) is 0 Å². The lowest BCUT2D eigenvalue weighted by molar-refractivity contribution is -0.148. The van der Waals surface area contributed by atoms with Crippen LogP contribution >= 0.6 is 0 Å². The lowest BCUT2D eigenvalue weighted by Crippen LogP contribution is -2.18. The molecule has 0 saturated heterocycles. The monoisotopic (exact) mass is 358 g/mol. The molecule has 26 heavy (non-hydrogen) atoms. The molecule has 0 aliphatic rings. The molecule has 0 aromatic heterocycles. The fourth-order valence-electron chi connectivity index (χ4n) is 1.93. The van der Waals surface area contributed by atoms with Gasteiger partial charge >= 0.3 is 5.97 Å². The number of ketones is 2. The number of benzene rings is 1. The molecule has 0 saturated carbocycles. The van der Waals surface area contributed by atoms with Crippen LogP contribution in [0.15, 0.2) is 18.2 Å². The second kappa shape index (κ2) is 11.2. The summed E-state index contributed by atoms with van der Waals surface area (Å²) in [6.07, 6.45) is 0.815. The van der Waals surface area contributed by atoms with Crippen LogP contribution in [0.1, 0.15) is 42.5 Å². The first-order valence-corrected chi connectivity index (χ1v) is 7.92. The Hall–Kier alpha value is -3.39. The average molecular weight is 358 g/mol. The highest BCUT2D eigenvalue weighted by Crippen LogP contribution is 2.26. The summed E-state index contributed by atoms with van der Waals surface area (Å²) in [5, 5.41) is 25.7. The molecule has 1 aromatic carbocycles. The van der Waals surface area contributed by atoms with Crippen LogP contribution in [0.3, 0.4) is 0 Å². The van der Waals surface area contributed by atoms with Crippen molar-refractivity contribution < 1.29 is 29.0 Å². The Balaban J connectivity index is 2.91. The Morgan fingerprint density at radius 3 is 2.19 bits per heavy atom. The molecule has 0 aliphatic heterocycles. The summed E-state index contributed by atoms with van der Waals surface area (Å²) in [4.78, 5) is 34.2. The third kappa shape index (κ3) is 7.02. The van der Waals surface area contributed by atoms with Crippen molar-refractivity contribution in [2.45, 2.75) is 32.1 Å². The zero-order valence-corrected chi connectivity index (χ0v) is 14.1. The SMILES string of the molecule is N#CCCCOc1ccc(OCCCC#N)c(C(=O)CC(=O)C(=O)O)c1. The topological polar surface area (TPSA) is 137 Å². The Kier molecular flexibility index (Phi) is 8.91. The van der Waals surface area contributed by atoms with Gasteiger partial charge < -0.3 is 14.6 Å². The van der Waals surface area contributed by atoms with Crippen LogP contribution in [0.25, 0.3) is 0 Å². The summed E-state index contributed by atoms with van der Waals surface area (Å²) in [6, 6.07) is 8.40. The van der Waals surface area contributed by atoms with Gasteiger partial charge in [0, 0.05) is 12.8 Å². The summed E-state index contributed by atoms with van der Waals surface area (Å²) < 4.78 is 10.9. The molecule has 0 bridgehead atoms. The molecule has 8 heteroatoms. The molecule has 0 fully saturated rings. The number of ether oxygens (including phenoxy) is 2. The van der Waals surface area contributed by atoms with E-state index in [1.54, 1.807) is 6.07 Å². The maximum atomic E-state index is 12.3. The van der Waals surface area contributed by atoms with Crippen molar-refractivity contribution in [1.29, 1.82) is 10.5 Å². The quantitative estimate of drug-likeness (QED) is 0.260. The number of Topliss-reactive ketones (excluding diaryl/α,β-unsaturated/α-hetero) is 2. The van der Waals surface area contributed by atoms with Gasteiger partial charge in [0.05, 0.1) is 37.3 Å². The molecule has 0 unspecified atom stereocenters. The summed E-state index contributed by atoms with van der Waals surface area (Å²) in [7, 11) is 0. The number of hydrogen-bond donors (Lipinski definition) is 1. The van der Waals surface area contributed by atoms with E-state index in [4.69, 9.17) is 25.1 Å². The van der Waals surface area contributed by atoms with E-state index in [1.165, 1.54) is 12.1 Å². The summed E-state index contributed by atoms with van der Waals surface area (Å²) in [5.41, 5.74) is 0.0364. The molecule has 136 valence electrons. The van der Waals surface area contributed by atoms with Gasteiger partial charge in [-0.2, -0.15) is 10.5 Å². The van der Waals surface area contributed by atoms with Gasteiger partial charge in [0.1, 0.15) is 11.5 Å². The number of rotatable bonds is 12. The summed E-state index contributed by atoms with van der Waals surface area (Å²) >= 11 is 0. The maximum absolute atomic E-state index is 12.3. The van der Waals surface area contributed by atoms with Gasteiger partial charge in [-0.25, -0.2) is 4.79 Å². The van der Waals surface area contributed by atoms with Crippen molar-refractivity contribution in [3.8, 4) is 23.6 Å². The van der Waals surface area contributed by atoms with Crippen molar-refractivity contribution in [1.82, 2.24) is 0 Å². The molecule has 8 nitrogen and oxygen atoms in total. The third-order valence-electron chi connectivity index (χ3n) is 3.20. The molecular weight excluding hydrogens is 340 g/mol. The normalized spacial score (nSPS) is 9.62. The van der Waals surface area contributed by atoms with Crippen molar-refractivity contribution in [3.63, 3.8) is 0 Å². The van der Waals surface area contributed by atoms with E-state index >= 15 is 0 Å². The van der Waals surface area contributed by atoms with Crippen molar-refractivity contribution in [2.75, 3.05) is 13.2 Å². The third-order valence-corrected chi connectivity index (χ3v) is 3.20. The minimum Gasteiger partial charge on any atom is -0.494 e. The van der Waals surface area contributed by atoms with Crippen LogP contribution in [0.2, 0.25) is 0 Å². The molecule has 0 aliphatic carbocycles. The van der Waals surface area contributed by atoms with Gasteiger partial charge in [0.15, 0.2) is 5.78 Å². The van der Waals surface area contributed by atoms with Crippen LogP contribution in [-0.2, 0) is 9.59 Å². The number of aliphatic carboxylic acids is 1. The van der Waals surface area contributed by atoms with Gasteiger partial charge in [0.2, 0.25) is 5.78 Å². The molecule has 1 N–H and O–H groups in total. The van der Waals surface area contributed by atoms with Crippen LogP contribution < -0.4 is 9.47 Å². The number of hydrogen-bond acceptors (Lipinski definition) is 7. The number of nitriles is 2. The van der Waals surface area contributed by atoms with Crippen LogP contribution in [0.5, 0.6) is 11.5 Å². The Bertz CT molecular complexity index is 745. The van der Waals surface area contributed by atoms with E-state index in [0.29, 0.717) is 31.4 Å². The lowest BCUT2D eigenvalue weighted by atomic mass is 10.0. The highest BCUT2D eigenvalue weighted by molar-refractivity contribution is 6.37. The van der Waals surface area contributed by atoms with Gasteiger partial charge in [-0.05, 0) is 31.0 Å². The van der Waals surface area contributed by atoms with Gasteiger partial charge in [-0.3, -0.25) is 9.59 Å². The minimum absolute atomic E-state index is 0.0364. The first-order valence-electron chi connectivity index (χ1n) is 7.92. The number of carbonyl (C=O) groups is 3. The minimum atomic E-state index is -1.68. The summed E-state index contributed by atoms with van der Waals surface area (Å²) in [5.74, 6) is -3.06. The molecule has 0 amide bonds. The number of nitrogens with zero attached hydrogens (tertiary/aromatic N) is 2. The zero-order chi connectivity index (χ0) is 19.4. The van der Waals surface area contributed by atoms with E-state index in [-0.39, 0.29) is 24.5 Å². The first kappa shape index (κ1) is 20.7. The van der Waals surface area contributed by atoms with Crippen molar-refractivity contribution in [2.24, 2.45) is 0 Å². The number of carboxylic acids is 1. The van der Waals surface area contributed by atoms with E-state index in [9.17, 15) is 14.4 Å².